The Labute approximate surface area is 113 Å². The molecule has 1 aromatic rings. The molecule has 0 aromatic carbocycles. The van der Waals surface area contributed by atoms with Crippen molar-refractivity contribution in [3.63, 3.8) is 0 Å². The molecule has 0 spiro atoms. The van der Waals surface area contributed by atoms with E-state index in [1.165, 1.54) is 6.20 Å². The van der Waals surface area contributed by atoms with Crippen molar-refractivity contribution in [1.82, 2.24) is 9.29 Å². The van der Waals surface area contributed by atoms with Crippen molar-refractivity contribution in [2.75, 3.05) is 13.1 Å². The summed E-state index contributed by atoms with van der Waals surface area (Å²) in [4.78, 5) is 3.21. The number of hydrogen-bond acceptors (Lipinski definition) is 2. The van der Waals surface area contributed by atoms with Gasteiger partial charge in [0.2, 0.25) is 10.0 Å². The van der Waals surface area contributed by atoms with Crippen LogP contribution in [-0.2, 0) is 15.9 Å². The first-order valence-corrected chi connectivity index (χ1v) is 8.28. The van der Waals surface area contributed by atoms with Crippen LogP contribution in [0.25, 0.3) is 0 Å². The van der Waals surface area contributed by atoms with E-state index in [2.05, 4.69) is 11.9 Å². The normalized spacial score (nSPS) is 19.2. The fraction of sp³-hybridized carbons (Fsp3) is 0.667. The van der Waals surface area contributed by atoms with Crippen LogP contribution >= 0.6 is 11.6 Å². The fourth-order valence-electron chi connectivity index (χ4n) is 2.35. The molecule has 6 heteroatoms. The van der Waals surface area contributed by atoms with E-state index in [0.29, 0.717) is 29.8 Å². The monoisotopic (exact) mass is 290 g/mol. The summed E-state index contributed by atoms with van der Waals surface area (Å²) in [6, 6.07) is 1.62. The van der Waals surface area contributed by atoms with Crippen LogP contribution < -0.4 is 0 Å². The topological polar surface area (TPSA) is 53.2 Å². The van der Waals surface area contributed by atoms with Crippen LogP contribution in [0.15, 0.2) is 17.2 Å². The quantitative estimate of drug-likeness (QED) is 0.867. The van der Waals surface area contributed by atoms with Crippen molar-refractivity contribution in [3.8, 4) is 0 Å². The lowest BCUT2D eigenvalue weighted by molar-refractivity contribution is 0.269. The van der Waals surface area contributed by atoms with Gasteiger partial charge in [-0.2, -0.15) is 4.31 Å². The smallest absolute Gasteiger partial charge is 0.244 e. The first-order valence-electron chi connectivity index (χ1n) is 6.31. The molecule has 0 radical (unpaired) electrons. The second kappa shape index (κ2) is 5.63. The summed E-state index contributed by atoms with van der Waals surface area (Å²) < 4.78 is 26.3. The van der Waals surface area contributed by atoms with Crippen molar-refractivity contribution >= 4 is 21.6 Å². The van der Waals surface area contributed by atoms with Gasteiger partial charge in [-0.3, -0.25) is 0 Å². The Hall–Kier alpha value is -0.520. The second-order valence-corrected chi connectivity index (χ2v) is 6.96. The number of halogens is 1. The molecule has 0 amide bonds. The molecule has 1 aliphatic heterocycles. The van der Waals surface area contributed by atoms with Gasteiger partial charge in [-0.15, -0.1) is 11.6 Å². The Bertz CT molecular complexity index is 490. The van der Waals surface area contributed by atoms with Gasteiger partial charge in [-0.1, -0.05) is 13.3 Å². The number of aromatic nitrogens is 1. The summed E-state index contributed by atoms with van der Waals surface area (Å²) in [7, 11) is -3.34. The number of sulfonamides is 1. The molecule has 102 valence electrons. The van der Waals surface area contributed by atoms with E-state index in [4.69, 9.17) is 11.6 Å². The minimum Gasteiger partial charge on any atom is -0.363 e. The third kappa shape index (κ3) is 2.73. The lowest BCUT2D eigenvalue weighted by Gasteiger charge is -2.30. The summed E-state index contributed by atoms with van der Waals surface area (Å²) in [5.41, 5.74) is 0.735. The molecule has 18 heavy (non-hydrogen) atoms. The summed E-state index contributed by atoms with van der Waals surface area (Å²) >= 11 is 5.67. The molecule has 1 aromatic heterocycles. The Morgan fingerprint density at radius 1 is 1.44 bits per heavy atom. The first kappa shape index (κ1) is 13.9. The largest absolute Gasteiger partial charge is 0.363 e. The van der Waals surface area contributed by atoms with E-state index in [1.54, 1.807) is 10.4 Å². The minimum absolute atomic E-state index is 0.299. The Morgan fingerprint density at radius 3 is 2.61 bits per heavy atom. The maximum absolute atomic E-state index is 12.4. The number of aromatic amines is 1. The molecule has 2 rings (SSSR count). The summed E-state index contributed by atoms with van der Waals surface area (Å²) in [6.45, 7) is 3.41. The number of nitrogens with zero attached hydrogens (tertiary/aromatic N) is 1. The zero-order chi connectivity index (χ0) is 13.2. The Balaban J connectivity index is 2.12. The number of nitrogens with one attached hydrogen (secondary N) is 1. The molecule has 1 fully saturated rings. The number of hydrogen-bond donors (Lipinski definition) is 1. The fourth-order valence-corrected chi connectivity index (χ4v) is 3.99. The van der Waals surface area contributed by atoms with Crippen molar-refractivity contribution in [3.05, 3.63) is 18.0 Å². The highest BCUT2D eigenvalue weighted by Gasteiger charge is 2.29. The van der Waals surface area contributed by atoms with Gasteiger partial charge in [-0.25, -0.2) is 8.42 Å². The number of piperidine rings is 1. The molecular formula is C12H19ClN2O2S. The predicted octanol–water partition coefficient (Wildman–Crippen LogP) is 2.56. The number of alkyl halides is 1. The summed E-state index contributed by atoms with van der Waals surface area (Å²) in [6.07, 6.45) is 4.58. The van der Waals surface area contributed by atoms with Gasteiger partial charge in [-0.05, 0) is 24.8 Å². The molecule has 0 bridgehead atoms. The molecule has 0 unspecified atom stereocenters. The van der Waals surface area contributed by atoms with E-state index in [9.17, 15) is 8.42 Å². The highest BCUT2D eigenvalue weighted by molar-refractivity contribution is 7.89. The maximum Gasteiger partial charge on any atom is 0.244 e. The average Bonchev–Trinajstić information content (AvgIpc) is 2.88. The van der Waals surface area contributed by atoms with Crippen molar-refractivity contribution in [1.29, 1.82) is 0 Å². The molecule has 1 aliphatic rings. The van der Waals surface area contributed by atoms with Crippen LogP contribution in [0, 0.1) is 5.92 Å². The van der Waals surface area contributed by atoms with Crippen LogP contribution in [0.1, 0.15) is 31.9 Å². The standard InChI is InChI=1S/C12H19ClN2O2S/c1-2-10-3-5-15(6-4-10)18(16,17)12-7-11(8-13)14-9-12/h7,9-10,14H,2-6,8H2,1H3. The minimum atomic E-state index is -3.34. The van der Waals surface area contributed by atoms with E-state index in [0.717, 1.165) is 25.0 Å². The third-order valence-corrected chi connectivity index (χ3v) is 5.81. The molecule has 1 saturated heterocycles. The molecule has 1 N–H and O–H groups in total. The SMILES string of the molecule is CCC1CCN(S(=O)(=O)c2c[nH]c(CCl)c2)CC1. The van der Waals surface area contributed by atoms with Crippen molar-refractivity contribution < 1.29 is 8.42 Å². The van der Waals surface area contributed by atoms with Crippen LogP contribution in [0.5, 0.6) is 0 Å². The van der Waals surface area contributed by atoms with Gasteiger partial charge in [0, 0.05) is 25.0 Å². The Kier molecular flexibility index (Phi) is 4.35. The average molecular weight is 291 g/mol. The molecular weight excluding hydrogens is 272 g/mol. The second-order valence-electron chi connectivity index (χ2n) is 4.75. The van der Waals surface area contributed by atoms with Gasteiger partial charge < -0.3 is 4.98 Å². The van der Waals surface area contributed by atoms with Crippen LogP contribution in [0.3, 0.4) is 0 Å². The molecule has 4 nitrogen and oxygen atoms in total. The first-order chi connectivity index (χ1) is 8.57. The molecule has 0 saturated carbocycles. The third-order valence-electron chi connectivity index (χ3n) is 3.65. The predicted molar refractivity (Wildman–Crippen MR) is 72.1 cm³/mol. The van der Waals surface area contributed by atoms with Gasteiger partial charge in [0.15, 0.2) is 0 Å². The van der Waals surface area contributed by atoms with Crippen molar-refractivity contribution in [2.24, 2.45) is 5.92 Å². The lowest BCUT2D eigenvalue weighted by Crippen LogP contribution is -2.38. The van der Waals surface area contributed by atoms with Crippen LogP contribution in [0.4, 0.5) is 0 Å². The van der Waals surface area contributed by atoms with Gasteiger partial charge in [0.05, 0.1) is 10.8 Å². The summed E-state index contributed by atoms with van der Waals surface area (Å²) in [5.74, 6) is 0.967. The molecule has 0 atom stereocenters. The zero-order valence-electron chi connectivity index (χ0n) is 10.5. The van der Waals surface area contributed by atoms with E-state index < -0.39 is 10.0 Å². The highest BCUT2D eigenvalue weighted by atomic mass is 35.5. The van der Waals surface area contributed by atoms with Crippen molar-refractivity contribution in [2.45, 2.75) is 37.0 Å². The van der Waals surface area contributed by atoms with E-state index in [1.807, 2.05) is 0 Å². The summed E-state index contributed by atoms with van der Waals surface area (Å²) in [5, 5.41) is 0. The van der Waals surface area contributed by atoms with E-state index in [-0.39, 0.29) is 0 Å². The van der Waals surface area contributed by atoms with E-state index >= 15 is 0 Å². The maximum atomic E-state index is 12.4. The number of H-pyrrole nitrogens is 1. The molecule has 2 heterocycles. The lowest BCUT2D eigenvalue weighted by atomic mass is 9.96. The number of rotatable bonds is 4. The van der Waals surface area contributed by atoms with Gasteiger partial charge >= 0.3 is 0 Å². The molecule has 0 aliphatic carbocycles. The van der Waals surface area contributed by atoms with Crippen LogP contribution in [-0.4, -0.2) is 30.8 Å². The Morgan fingerprint density at radius 2 is 2.11 bits per heavy atom. The highest BCUT2D eigenvalue weighted by Crippen LogP contribution is 2.25. The van der Waals surface area contributed by atoms with Gasteiger partial charge in [0.25, 0.3) is 0 Å². The van der Waals surface area contributed by atoms with Crippen LogP contribution in [0.2, 0.25) is 0 Å². The zero-order valence-corrected chi connectivity index (χ0v) is 12.1. The van der Waals surface area contributed by atoms with Gasteiger partial charge in [0.1, 0.15) is 0 Å².